The first-order chi connectivity index (χ1) is 12.3. The van der Waals surface area contributed by atoms with Gasteiger partial charge in [-0.25, -0.2) is 0 Å². The number of hydrogen-bond acceptors (Lipinski definition) is 3. The summed E-state index contributed by atoms with van der Waals surface area (Å²) in [5.74, 6) is 2.00. The lowest BCUT2D eigenvalue weighted by molar-refractivity contribution is -0.132. The fraction of sp³-hybridized carbons (Fsp3) is 0.381. The monoisotopic (exact) mass is 388 g/mol. The molecular weight excluding hydrogens is 364 g/mol. The molecule has 0 aliphatic carbocycles. The van der Waals surface area contributed by atoms with Crippen LogP contribution in [0.15, 0.2) is 59.5 Å². The van der Waals surface area contributed by atoms with E-state index in [0.29, 0.717) is 18.4 Å². The SMILES string of the molecule is Cl.NC[C@@H]1CN(C(=O)C2CCSc3ccccc32)C[C@H]1c1ccccc1. The molecule has 5 heteroatoms. The summed E-state index contributed by atoms with van der Waals surface area (Å²) in [5.41, 5.74) is 8.54. The van der Waals surface area contributed by atoms with Gasteiger partial charge in [-0.15, -0.1) is 24.2 Å². The summed E-state index contributed by atoms with van der Waals surface area (Å²) in [7, 11) is 0. The van der Waals surface area contributed by atoms with Crippen LogP contribution in [0, 0.1) is 5.92 Å². The normalized spacial score (nSPS) is 24.7. The maximum Gasteiger partial charge on any atom is 0.230 e. The second kappa shape index (κ2) is 8.47. The Balaban J connectivity index is 0.00000196. The van der Waals surface area contributed by atoms with Gasteiger partial charge in [-0.2, -0.15) is 0 Å². The molecule has 1 saturated heterocycles. The molecule has 0 spiro atoms. The van der Waals surface area contributed by atoms with Crippen molar-refractivity contribution in [2.75, 3.05) is 25.4 Å². The molecule has 1 amide bonds. The highest BCUT2D eigenvalue weighted by molar-refractivity contribution is 7.99. The van der Waals surface area contributed by atoms with Crippen molar-refractivity contribution in [1.29, 1.82) is 0 Å². The number of thioether (sulfide) groups is 1. The van der Waals surface area contributed by atoms with Crippen LogP contribution in [0.2, 0.25) is 0 Å². The second-order valence-electron chi connectivity index (χ2n) is 6.98. The summed E-state index contributed by atoms with van der Waals surface area (Å²) >= 11 is 1.86. The van der Waals surface area contributed by atoms with Crippen LogP contribution in [0.4, 0.5) is 0 Å². The average Bonchev–Trinajstić information content (AvgIpc) is 3.12. The molecule has 1 fully saturated rings. The van der Waals surface area contributed by atoms with Gasteiger partial charge in [0.1, 0.15) is 0 Å². The first-order valence-corrected chi connectivity index (χ1v) is 10.0. The van der Waals surface area contributed by atoms with Crippen molar-refractivity contribution < 1.29 is 4.79 Å². The Hall–Kier alpha value is -1.49. The number of carbonyl (C=O) groups is 1. The third kappa shape index (κ3) is 3.64. The fourth-order valence-electron chi connectivity index (χ4n) is 4.19. The summed E-state index contributed by atoms with van der Waals surface area (Å²) in [6.45, 7) is 2.19. The highest BCUT2D eigenvalue weighted by Gasteiger charge is 2.38. The van der Waals surface area contributed by atoms with Crippen molar-refractivity contribution in [1.82, 2.24) is 4.90 Å². The minimum absolute atomic E-state index is 0. The van der Waals surface area contributed by atoms with Crippen molar-refractivity contribution >= 4 is 30.1 Å². The molecule has 4 rings (SSSR count). The van der Waals surface area contributed by atoms with Gasteiger partial charge in [-0.3, -0.25) is 4.79 Å². The van der Waals surface area contributed by atoms with Gasteiger partial charge in [0.25, 0.3) is 0 Å². The zero-order valence-electron chi connectivity index (χ0n) is 14.7. The summed E-state index contributed by atoms with van der Waals surface area (Å²) in [5, 5.41) is 0. The predicted octanol–water partition coefficient (Wildman–Crippen LogP) is 3.89. The van der Waals surface area contributed by atoms with Crippen molar-refractivity contribution in [2.24, 2.45) is 11.7 Å². The van der Waals surface area contributed by atoms with Gasteiger partial charge in [-0.1, -0.05) is 48.5 Å². The van der Waals surface area contributed by atoms with Gasteiger partial charge < -0.3 is 10.6 Å². The van der Waals surface area contributed by atoms with E-state index >= 15 is 0 Å². The third-order valence-corrected chi connectivity index (χ3v) is 6.66. The van der Waals surface area contributed by atoms with Crippen LogP contribution >= 0.6 is 24.2 Å². The van der Waals surface area contributed by atoms with Crippen molar-refractivity contribution in [2.45, 2.75) is 23.2 Å². The van der Waals surface area contributed by atoms with Crippen LogP contribution in [0.3, 0.4) is 0 Å². The molecule has 1 unspecified atom stereocenters. The number of nitrogens with zero attached hydrogens (tertiary/aromatic N) is 1. The van der Waals surface area contributed by atoms with E-state index in [0.717, 1.165) is 25.3 Å². The lowest BCUT2D eigenvalue weighted by Crippen LogP contribution is -2.35. The van der Waals surface area contributed by atoms with E-state index in [1.165, 1.54) is 16.0 Å². The van der Waals surface area contributed by atoms with Gasteiger partial charge in [0.15, 0.2) is 0 Å². The highest BCUT2D eigenvalue weighted by Crippen LogP contribution is 2.40. The van der Waals surface area contributed by atoms with Crippen LogP contribution < -0.4 is 5.73 Å². The maximum absolute atomic E-state index is 13.3. The summed E-state index contributed by atoms with van der Waals surface area (Å²) < 4.78 is 0. The van der Waals surface area contributed by atoms with Crippen LogP contribution in [-0.4, -0.2) is 36.2 Å². The Labute approximate surface area is 165 Å². The first-order valence-electron chi connectivity index (χ1n) is 9.03. The van der Waals surface area contributed by atoms with E-state index in [2.05, 4.69) is 47.4 Å². The van der Waals surface area contributed by atoms with E-state index in [4.69, 9.17) is 5.73 Å². The number of amides is 1. The molecule has 2 heterocycles. The lowest BCUT2D eigenvalue weighted by Gasteiger charge is -2.28. The maximum atomic E-state index is 13.3. The zero-order chi connectivity index (χ0) is 17.2. The minimum Gasteiger partial charge on any atom is -0.341 e. The van der Waals surface area contributed by atoms with E-state index in [9.17, 15) is 4.79 Å². The van der Waals surface area contributed by atoms with Crippen LogP contribution in [0.1, 0.15) is 29.4 Å². The van der Waals surface area contributed by atoms with Gasteiger partial charge in [0.05, 0.1) is 5.92 Å². The van der Waals surface area contributed by atoms with Gasteiger partial charge in [0, 0.05) is 23.9 Å². The smallest absolute Gasteiger partial charge is 0.230 e. The molecule has 26 heavy (non-hydrogen) atoms. The number of hydrogen-bond donors (Lipinski definition) is 1. The van der Waals surface area contributed by atoms with Crippen LogP contribution in [0.5, 0.6) is 0 Å². The first kappa shape index (κ1) is 19.3. The molecule has 2 aromatic rings. The second-order valence-corrected chi connectivity index (χ2v) is 8.12. The number of nitrogens with two attached hydrogens (primary N) is 1. The van der Waals surface area contributed by atoms with Gasteiger partial charge >= 0.3 is 0 Å². The Kier molecular flexibility index (Phi) is 6.28. The zero-order valence-corrected chi connectivity index (χ0v) is 16.3. The van der Waals surface area contributed by atoms with E-state index in [1.54, 1.807) is 0 Å². The molecule has 2 N–H and O–H groups in total. The van der Waals surface area contributed by atoms with Gasteiger partial charge in [0.2, 0.25) is 5.91 Å². The standard InChI is InChI=1S/C21H24N2OS.ClH/c22-12-16-13-23(14-19(16)15-6-2-1-3-7-15)21(24)18-10-11-25-20-9-5-4-8-17(18)20;/h1-9,16,18-19H,10-14,22H2;1H/t16-,18?,19+;/m1./s1. The van der Waals surface area contributed by atoms with Crippen LogP contribution in [-0.2, 0) is 4.79 Å². The minimum atomic E-state index is 0. The van der Waals surface area contributed by atoms with Gasteiger partial charge in [-0.05, 0) is 41.8 Å². The van der Waals surface area contributed by atoms with Crippen LogP contribution in [0.25, 0.3) is 0 Å². The molecule has 0 aromatic heterocycles. The van der Waals surface area contributed by atoms with E-state index in [-0.39, 0.29) is 24.2 Å². The molecule has 0 radical (unpaired) electrons. The van der Waals surface area contributed by atoms with Crippen molar-refractivity contribution in [3.63, 3.8) is 0 Å². The topological polar surface area (TPSA) is 46.3 Å². The molecule has 2 aliphatic rings. The lowest BCUT2D eigenvalue weighted by atomic mass is 9.89. The summed E-state index contributed by atoms with van der Waals surface area (Å²) in [6.07, 6.45) is 0.931. The number of carbonyl (C=O) groups excluding carboxylic acids is 1. The molecule has 0 bridgehead atoms. The molecule has 2 aromatic carbocycles. The molecule has 2 aliphatic heterocycles. The molecule has 0 saturated carbocycles. The number of fused-ring (bicyclic) bond motifs is 1. The molecule has 3 nitrogen and oxygen atoms in total. The Morgan fingerprint density at radius 2 is 1.81 bits per heavy atom. The Bertz CT molecular complexity index is 755. The third-order valence-electron chi connectivity index (χ3n) is 5.54. The number of halogens is 1. The number of likely N-dealkylation sites (tertiary alicyclic amines) is 1. The predicted molar refractivity (Wildman–Crippen MR) is 110 cm³/mol. The largest absolute Gasteiger partial charge is 0.341 e. The average molecular weight is 389 g/mol. The number of rotatable bonds is 3. The van der Waals surface area contributed by atoms with Crippen molar-refractivity contribution in [3.8, 4) is 0 Å². The Morgan fingerprint density at radius 3 is 2.58 bits per heavy atom. The summed E-state index contributed by atoms with van der Waals surface area (Å²) in [6, 6.07) is 18.9. The number of benzene rings is 2. The van der Waals surface area contributed by atoms with E-state index in [1.807, 2.05) is 23.9 Å². The fourth-order valence-corrected chi connectivity index (χ4v) is 5.31. The Morgan fingerprint density at radius 1 is 1.08 bits per heavy atom. The highest BCUT2D eigenvalue weighted by atomic mass is 35.5. The molecular formula is C21H25ClN2OS. The summed E-state index contributed by atoms with van der Waals surface area (Å²) in [4.78, 5) is 16.6. The van der Waals surface area contributed by atoms with E-state index < -0.39 is 0 Å². The van der Waals surface area contributed by atoms with Crippen molar-refractivity contribution in [3.05, 3.63) is 65.7 Å². The quantitative estimate of drug-likeness (QED) is 0.867. The molecule has 138 valence electrons. The molecule has 3 atom stereocenters.